The highest BCUT2D eigenvalue weighted by Gasteiger charge is 2.15. The first kappa shape index (κ1) is 16.8. The molecule has 0 bridgehead atoms. The van der Waals surface area contributed by atoms with E-state index in [0.717, 1.165) is 56.0 Å². The average Bonchev–Trinajstić information content (AvgIpc) is 2.47. The molecule has 4 heteroatoms. The summed E-state index contributed by atoms with van der Waals surface area (Å²) in [6.07, 6.45) is 2.22. The van der Waals surface area contributed by atoms with Crippen LogP contribution >= 0.6 is 15.9 Å². The Kier molecular flexibility index (Phi) is 7.00. The molecule has 1 aliphatic rings. The SMILES string of the molecule is CC(C)CNCc1cc(Br)ccc1OCC1CCOCC1. The fourth-order valence-corrected chi connectivity index (χ4v) is 2.85. The lowest BCUT2D eigenvalue weighted by atomic mass is 10.0. The molecule has 1 saturated heterocycles. The normalized spacial score (nSPS) is 16.4. The van der Waals surface area contributed by atoms with E-state index in [1.54, 1.807) is 0 Å². The Morgan fingerprint density at radius 2 is 2.10 bits per heavy atom. The lowest BCUT2D eigenvalue weighted by Gasteiger charge is -2.23. The molecule has 0 saturated carbocycles. The molecule has 0 amide bonds. The molecule has 1 aromatic rings. The largest absolute Gasteiger partial charge is 0.493 e. The summed E-state index contributed by atoms with van der Waals surface area (Å²) >= 11 is 3.55. The van der Waals surface area contributed by atoms with E-state index in [2.05, 4.69) is 47.2 Å². The van der Waals surface area contributed by atoms with Gasteiger partial charge in [0, 0.05) is 29.8 Å². The highest BCUT2D eigenvalue weighted by atomic mass is 79.9. The van der Waals surface area contributed by atoms with Crippen LogP contribution in [-0.4, -0.2) is 26.4 Å². The summed E-state index contributed by atoms with van der Waals surface area (Å²) in [5.74, 6) is 2.28. The summed E-state index contributed by atoms with van der Waals surface area (Å²) in [6, 6.07) is 6.26. The molecule has 0 spiro atoms. The molecule has 118 valence electrons. The maximum absolute atomic E-state index is 6.07. The molecular formula is C17H26BrNO2. The average molecular weight is 356 g/mol. The van der Waals surface area contributed by atoms with E-state index >= 15 is 0 Å². The second-order valence-electron chi connectivity index (χ2n) is 6.14. The van der Waals surface area contributed by atoms with Crippen LogP contribution < -0.4 is 10.1 Å². The summed E-state index contributed by atoms with van der Waals surface area (Å²) in [5, 5.41) is 3.49. The van der Waals surface area contributed by atoms with Crippen LogP contribution in [0.3, 0.4) is 0 Å². The lowest BCUT2D eigenvalue weighted by Crippen LogP contribution is -2.22. The first-order valence-electron chi connectivity index (χ1n) is 7.85. The topological polar surface area (TPSA) is 30.5 Å². The van der Waals surface area contributed by atoms with E-state index in [4.69, 9.17) is 9.47 Å². The number of halogens is 1. The molecule has 1 heterocycles. The molecule has 1 N–H and O–H groups in total. The summed E-state index contributed by atoms with van der Waals surface area (Å²) in [7, 11) is 0. The summed E-state index contributed by atoms with van der Waals surface area (Å²) in [5.41, 5.74) is 1.22. The second kappa shape index (κ2) is 8.76. The van der Waals surface area contributed by atoms with E-state index < -0.39 is 0 Å². The van der Waals surface area contributed by atoms with Crippen molar-refractivity contribution >= 4 is 15.9 Å². The molecule has 3 nitrogen and oxygen atoms in total. The Morgan fingerprint density at radius 3 is 2.81 bits per heavy atom. The van der Waals surface area contributed by atoms with Gasteiger partial charge in [-0.25, -0.2) is 0 Å². The predicted octanol–water partition coefficient (Wildman–Crippen LogP) is 4.00. The van der Waals surface area contributed by atoms with Crippen molar-refractivity contribution in [3.8, 4) is 5.75 Å². The molecule has 0 atom stereocenters. The first-order valence-corrected chi connectivity index (χ1v) is 8.64. The van der Waals surface area contributed by atoms with Gasteiger partial charge in [0.25, 0.3) is 0 Å². The van der Waals surface area contributed by atoms with Gasteiger partial charge in [-0.1, -0.05) is 29.8 Å². The Balaban J connectivity index is 1.90. The van der Waals surface area contributed by atoms with Gasteiger partial charge in [0.1, 0.15) is 5.75 Å². The monoisotopic (exact) mass is 355 g/mol. The number of ether oxygens (including phenoxy) is 2. The van der Waals surface area contributed by atoms with Crippen LogP contribution in [0.1, 0.15) is 32.3 Å². The van der Waals surface area contributed by atoms with Crippen molar-refractivity contribution in [2.45, 2.75) is 33.2 Å². The van der Waals surface area contributed by atoms with E-state index in [-0.39, 0.29) is 0 Å². The van der Waals surface area contributed by atoms with Gasteiger partial charge in [0.2, 0.25) is 0 Å². The summed E-state index contributed by atoms with van der Waals surface area (Å²) < 4.78 is 12.6. The molecule has 0 unspecified atom stereocenters. The Labute approximate surface area is 136 Å². The molecule has 0 radical (unpaired) electrons. The maximum atomic E-state index is 6.07. The standard InChI is InChI=1S/C17H26BrNO2/c1-13(2)10-19-11-15-9-16(18)3-4-17(15)21-12-14-5-7-20-8-6-14/h3-4,9,13-14,19H,5-8,10-12H2,1-2H3. The van der Waals surface area contributed by atoms with Crippen LogP contribution in [0.15, 0.2) is 22.7 Å². The maximum Gasteiger partial charge on any atom is 0.123 e. The smallest absolute Gasteiger partial charge is 0.123 e. The van der Waals surface area contributed by atoms with Crippen molar-refractivity contribution in [3.05, 3.63) is 28.2 Å². The predicted molar refractivity (Wildman–Crippen MR) is 89.7 cm³/mol. The van der Waals surface area contributed by atoms with Crippen molar-refractivity contribution in [2.75, 3.05) is 26.4 Å². The zero-order valence-corrected chi connectivity index (χ0v) is 14.6. The molecular weight excluding hydrogens is 330 g/mol. The van der Waals surface area contributed by atoms with Gasteiger partial charge < -0.3 is 14.8 Å². The Hall–Kier alpha value is -0.580. The molecule has 0 aromatic heterocycles. The van der Waals surface area contributed by atoms with Crippen LogP contribution in [-0.2, 0) is 11.3 Å². The minimum atomic E-state index is 0.624. The van der Waals surface area contributed by atoms with Gasteiger partial charge in [0.15, 0.2) is 0 Å². The summed E-state index contributed by atoms with van der Waals surface area (Å²) in [4.78, 5) is 0. The molecule has 0 aliphatic carbocycles. The lowest BCUT2D eigenvalue weighted by molar-refractivity contribution is 0.0496. The minimum absolute atomic E-state index is 0.624. The Bertz CT molecular complexity index is 431. The second-order valence-corrected chi connectivity index (χ2v) is 7.06. The molecule has 1 aromatic carbocycles. The molecule has 2 rings (SSSR count). The number of benzene rings is 1. The zero-order chi connectivity index (χ0) is 15.1. The van der Waals surface area contributed by atoms with Crippen LogP contribution in [0.2, 0.25) is 0 Å². The fraction of sp³-hybridized carbons (Fsp3) is 0.647. The van der Waals surface area contributed by atoms with Crippen molar-refractivity contribution in [1.82, 2.24) is 5.32 Å². The van der Waals surface area contributed by atoms with Crippen molar-refractivity contribution in [3.63, 3.8) is 0 Å². The molecule has 21 heavy (non-hydrogen) atoms. The van der Waals surface area contributed by atoms with Gasteiger partial charge in [-0.15, -0.1) is 0 Å². The molecule has 1 aliphatic heterocycles. The van der Waals surface area contributed by atoms with Crippen molar-refractivity contribution in [1.29, 1.82) is 0 Å². The Morgan fingerprint density at radius 1 is 1.33 bits per heavy atom. The van der Waals surface area contributed by atoms with Gasteiger partial charge in [-0.2, -0.15) is 0 Å². The van der Waals surface area contributed by atoms with Crippen molar-refractivity contribution in [2.24, 2.45) is 11.8 Å². The van der Waals surface area contributed by atoms with Crippen LogP contribution in [0.4, 0.5) is 0 Å². The zero-order valence-electron chi connectivity index (χ0n) is 13.0. The first-order chi connectivity index (χ1) is 10.1. The number of hydrogen-bond donors (Lipinski definition) is 1. The van der Waals surface area contributed by atoms with Crippen molar-refractivity contribution < 1.29 is 9.47 Å². The van der Waals surface area contributed by atoms with Crippen LogP contribution in [0.5, 0.6) is 5.75 Å². The third-order valence-corrected chi connectivity index (χ3v) is 4.20. The highest BCUT2D eigenvalue weighted by molar-refractivity contribution is 9.10. The van der Waals surface area contributed by atoms with E-state index in [9.17, 15) is 0 Å². The summed E-state index contributed by atoms with van der Waals surface area (Å²) in [6.45, 7) is 8.84. The van der Waals surface area contributed by atoms with Crippen LogP contribution in [0.25, 0.3) is 0 Å². The van der Waals surface area contributed by atoms with E-state index in [1.165, 1.54) is 5.56 Å². The number of rotatable bonds is 7. The number of nitrogens with one attached hydrogen (secondary N) is 1. The third-order valence-electron chi connectivity index (χ3n) is 3.71. The van der Waals surface area contributed by atoms with E-state index in [0.29, 0.717) is 11.8 Å². The van der Waals surface area contributed by atoms with Gasteiger partial charge in [-0.05, 0) is 49.4 Å². The fourth-order valence-electron chi connectivity index (χ4n) is 2.44. The van der Waals surface area contributed by atoms with Gasteiger partial charge >= 0.3 is 0 Å². The quantitative estimate of drug-likeness (QED) is 0.801. The van der Waals surface area contributed by atoms with Crippen LogP contribution in [0, 0.1) is 11.8 Å². The van der Waals surface area contributed by atoms with Gasteiger partial charge in [-0.3, -0.25) is 0 Å². The van der Waals surface area contributed by atoms with Gasteiger partial charge in [0.05, 0.1) is 6.61 Å². The third kappa shape index (κ3) is 5.97. The minimum Gasteiger partial charge on any atom is -0.493 e. The van der Waals surface area contributed by atoms with E-state index in [1.807, 2.05) is 6.07 Å². The number of hydrogen-bond acceptors (Lipinski definition) is 3. The molecule has 1 fully saturated rings. The highest BCUT2D eigenvalue weighted by Crippen LogP contribution is 2.25.